The largest absolute Gasteiger partial charge is 0.248 e. The van der Waals surface area contributed by atoms with Crippen LogP contribution in [-0.2, 0) is 12.8 Å². The van der Waals surface area contributed by atoms with Crippen LogP contribution in [0.3, 0.4) is 0 Å². The molecule has 2 fully saturated rings. The molecule has 278 valence electrons. The van der Waals surface area contributed by atoms with Gasteiger partial charge in [0.15, 0.2) is 0 Å². The molecule has 0 N–H and O–H groups in total. The standard InChI is InChI=1S/C26H33N.C25H31N/c1-3-5-7-21-8-14-24(15-9-21)25-16-10-22(11-17-25)12-18-26-19-13-23(6-4-2)20-27-26;1-3-5-6-21-7-13-23(14-8-21)24-15-9-22(10-16-24)12-18-25-17-11-20(4-2)19-26-25/h10-11,13,16-17,19-21,24H,3-9,14-15H2,1-2H3;9-11,15-17,19,21,23H,3-8,13-14H2,1-2H3. The summed E-state index contributed by atoms with van der Waals surface area (Å²) >= 11 is 0. The van der Waals surface area contributed by atoms with Gasteiger partial charge in [0.2, 0.25) is 0 Å². The van der Waals surface area contributed by atoms with Crippen LogP contribution in [0.5, 0.6) is 0 Å². The summed E-state index contributed by atoms with van der Waals surface area (Å²) in [6.45, 7) is 8.93. The minimum Gasteiger partial charge on any atom is -0.248 e. The number of hydrogen-bond acceptors (Lipinski definition) is 2. The van der Waals surface area contributed by atoms with E-state index in [0.717, 1.165) is 65.4 Å². The first kappa shape index (κ1) is 40.1. The average Bonchev–Trinajstić information content (AvgIpc) is 3.22. The number of nitrogens with zero attached hydrogens (tertiary/aromatic N) is 2. The first-order chi connectivity index (χ1) is 26.1. The molecule has 0 saturated heterocycles. The minimum atomic E-state index is 0.748. The second-order valence-corrected chi connectivity index (χ2v) is 15.7. The quantitative estimate of drug-likeness (QED) is 0.145. The van der Waals surface area contributed by atoms with Gasteiger partial charge < -0.3 is 0 Å². The van der Waals surface area contributed by atoms with Crippen LogP contribution >= 0.6 is 0 Å². The van der Waals surface area contributed by atoms with Crippen LogP contribution < -0.4 is 0 Å². The van der Waals surface area contributed by atoms with Crippen LogP contribution in [0.25, 0.3) is 0 Å². The van der Waals surface area contributed by atoms with Crippen LogP contribution in [0.1, 0.15) is 181 Å². The zero-order chi connectivity index (χ0) is 37.1. The van der Waals surface area contributed by atoms with Crippen molar-refractivity contribution in [3.05, 3.63) is 130 Å². The lowest BCUT2D eigenvalue weighted by molar-refractivity contribution is 0.304. The maximum Gasteiger partial charge on any atom is 0.113 e. The summed E-state index contributed by atoms with van der Waals surface area (Å²) < 4.78 is 0. The predicted molar refractivity (Wildman–Crippen MR) is 225 cm³/mol. The molecule has 2 heteroatoms. The number of aromatic nitrogens is 2. The zero-order valence-electron chi connectivity index (χ0n) is 33.3. The molecule has 2 heterocycles. The van der Waals surface area contributed by atoms with Crippen molar-refractivity contribution >= 4 is 0 Å². The third kappa shape index (κ3) is 13.3. The number of benzene rings is 2. The molecule has 0 bridgehead atoms. The minimum absolute atomic E-state index is 0.748. The third-order valence-electron chi connectivity index (χ3n) is 11.7. The van der Waals surface area contributed by atoms with Gasteiger partial charge in [-0.1, -0.05) is 121 Å². The monoisotopic (exact) mass is 705 g/mol. The second kappa shape index (κ2) is 22.2. The van der Waals surface area contributed by atoms with E-state index in [4.69, 9.17) is 0 Å². The first-order valence-electron chi connectivity index (χ1n) is 21.2. The molecule has 2 aromatic heterocycles. The summed E-state index contributed by atoms with van der Waals surface area (Å²) in [6.07, 6.45) is 26.5. The van der Waals surface area contributed by atoms with E-state index in [1.807, 2.05) is 24.5 Å². The van der Waals surface area contributed by atoms with Crippen LogP contribution in [0.4, 0.5) is 0 Å². The van der Waals surface area contributed by atoms with Gasteiger partial charge in [-0.3, -0.25) is 0 Å². The Morgan fingerprint density at radius 2 is 0.906 bits per heavy atom. The molecule has 0 amide bonds. The molecule has 53 heavy (non-hydrogen) atoms. The van der Waals surface area contributed by atoms with Crippen molar-refractivity contribution in [3.8, 4) is 23.7 Å². The van der Waals surface area contributed by atoms with Crippen molar-refractivity contribution in [2.45, 2.75) is 149 Å². The van der Waals surface area contributed by atoms with Crippen molar-refractivity contribution in [1.82, 2.24) is 9.97 Å². The zero-order valence-corrected chi connectivity index (χ0v) is 33.3. The lowest BCUT2D eigenvalue weighted by Gasteiger charge is -2.28. The molecule has 2 aliphatic carbocycles. The van der Waals surface area contributed by atoms with Gasteiger partial charge in [-0.25, -0.2) is 9.97 Å². The Kier molecular flexibility index (Phi) is 16.7. The van der Waals surface area contributed by atoms with Gasteiger partial charge in [-0.05, 0) is 158 Å². The van der Waals surface area contributed by atoms with E-state index in [9.17, 15) is 0 Å². The van der Waals surface area contributed by atoms with Gasteiger partial charge in [-0.2, -0.15) is 0 Å². The molecule has 0 unspecified atom stereocenters. The maximum absolute atomic E-state index is 4.46. The molecule has 0 spiro atoms. The molecule has 2 aliphatic rings. The van der Waals surface area contributed by atoms with Gasteiger partial charge in [-0.15, -0.1) is 0 Å². The summed E-state index contributed by atoms with van der Waals surface area (Å²) in [7, 11) is 0. The average molecular weight is 705 g/mol. The van der Waals surface area contributed by atoms with Crippen molar-refractivity contribution in [2.24, 2.45) is 11.8 Å². The lowest BCUT2D eigenvalue weighted by Crippen LogP contribution is -2.13. The smallest absolute Gasteiger partial charge is 0.113 e. The summed E-state index contributed by atoms with van der Waals surface area (Å²) in [5.74, 6) is 16.3. The molecule has 2 nitrogen and oxygen atoms in total. The number of rotatable bonds is 11. The fourth-order valence-electron chi connectivity index (χ4n) is 8.15. The van der Waals surface area contributed by atoms with Crippen molar-refractivity contribution in [1.29, 1.82) is 0 Å². The Hall–Kier alpha value is -4.14. The van der Waals surface area contributed by atoms with E-state index >= 15 is 0 Å². The van der Waals surface area contributed by atoms with Crippen LogP contribution in [0.15, 0.2) is 85.2 Å². The Morgan fingerprint density at radius 3 is 1.26 bits per heavy atom. The second-order valence-electron chi connectivity index (χ2n) is 15.7. The van der Waals surface area contributed by atoms with Crippen LogP contribution in [-0.4, -0.2) is 9.97 Å². The van der Waals surface area contributed by atoms with E-state index in [0.29, 0.717) is 0 Å². The Bertz CT molecular complexity index is 1730. The number of aryl methyl sites for hydroxylation is 2. The van der Waals surface area contributed by atoms with Gasteiger partial charge >= 0.3 is 0 Å². The van der Waals surface area contributed by atoms with E-state index in [1.54, 1.807) is 0 Å². The fourth-order valence-corrected chi connectivity index (χ4v) is 8.15. The van der Waals surface area contributed by atoms with E-state index in [2.05, 4.69) is 122 Å². The highest BCUT2D eigenvalue weighted by Gasteiger charge is 2.23. The molecule has 2 aromatic carbocycles. The van der Waals surface area contributed by atoms with Gasteiger partial charge in [0.05, 0.1) is 0 Å². The third-order valence-corrected chi connectivity index (χ3v) is 11.7. The molecule has 0 radical (unpaired) electrons. The summed E-state index contributed by atoms with van der Waals surface area (Å²) in [6, 6.07) is 26.1. The molecular formula is C51H64N2. The molecule has 0 aliphatic heterocycles. The van der Waals surface area contributed by atoms with Crippen molar-refractivity contribution in [2.75, 3.05) is 0 Å². The summed E-state index contributed by atoms with van der Waals surface area (Å²) in [4.78, 5) is 8.87. The number of pyridine rings is 2. The maximum atomic E-state index is 4.46. The Morgan fingerprint density at radius 1 is 0.472 bits per heavy atom. The number of unbranched alkanes of at least 4 members (excludes halogenated alkanes) is 2. The fraction of sp³-hybridized carbons (Fsp3) is 0.490. The van der Waals surface area contributed by atoms with E-state index in [-0.39, 0.29) is 0 Å². The van der Waals surface area contributed by atoms with E-state index in [1.165, 1.54) is 112 Å². The summed E-state index contributed by atoms with van der Waals surface area (Å²) in [5, 5.41) is 0. The SMILES string of the molecule is CCCCC1CCC(c2ccc(C#Cc3ccc(CC)cn3)cc2)CC1.CCCCC1CCC(c2ccc(C#Cc3ccc(CCC)cn3)cc2)CC1. The Labute approximate surface area is 323 Å². The van der Waals surface area contributed by atoms with Gasteiger partial charge in [0, 0.05) is 23.5 Å². The Balaban J connectivity index is 0.000000204. The summed E-state index contributed by atoms with van der Waals surface area (Å²) in [5.41, 5.74) is 9.38. The molecule has 2 saturated carbocycles. The predicted octanol–water partition coefficient (Wildman–Crippen LogP) is 13.4. The molecular weight excluding hydrogens is 641 g/mol. The van der Waals surface area contributed by atoms with Crippen LogP contribution in [0.2, 0.25) is 0 Å². The molecule has 6 rings (SSSR count). The topological polar surface area (TPSA) is 25.8 Å². The molecule has 0 atom stereocenters. The number of hydrogen-bond donors (Lipinski definition) is 0. The highest BCUT2D eigenvalue weighted by Crippen LogP contribution is 2.38. The highest BCUT2D eigenvalue weighted by atomic mass is 14.7. The van der Waals surface area contributed by atoms with Crippen molar-refractivity contribution in [3.63, 3.8) is 0 Å². The van der Waals surface area contributed by atoms with Gasteiger partial charge in [0.25, 0.3) is 0 Å². The lowest BCUT2D eigenvalue weighted by atomic mass is 9.77. The van der Waals surface area contributed by atoms with Gasteiger partial charge in [0.1, 0.15) is 11.4 Å². The highest BCUT2D eigenvalue weighted by molar-refractivity contribution is 5.43. The van der Waals surface area contributed by atoms with Crippen LogP contribution in [0, 0.1) is 35.5 Å². The first-order valence-corrected chi connectivity index (χ1v) is 21.2. The molecule has 4 aromatic rings. The van der Waals surface area contributed by atoms with Crippen molar-refractivity contribution < 1.29 is 0 Å². The van der Waals surface area contributed by atoms with E-state index < -0.39 is 0 Å². The normalized spacial score (nSPS) is 19.5.